The summed E-state index contributed by atoms with van der Waals surface area (Å²) >= 11 is 0. The molecule has 0 spiro atoms. The highest BCUT2D eigenvalue weighted by Gasteiger charge is 2.11. The summed E-state index contributed by atoms with van der Waals surface area (Å²) in [6, 6.07) is 0. The first-order valence-corrected chi connectivity index (χ1v) is 3.31. The van der Waals surface area contributed by atoms with Gasteiger partial charge in [-0.25, -0.2) is 0 Å². The monoisotopic (exact) mass is 138 g/mol. The van der Waals surface area contributed by atoms with Gasteiger partial charge < -0.3 is 4.42 Å². The van der Waals surface area contributed by atoms with E-state index in [2.05, 4.69) is 11.1 Å². The summed E-state index contributed by atoms with van der Waals surface area (Å²) in [6.45, 7) is 8.44. The van der Waals surface area contributed by atoms with Gasteiger partial charge in [-0.2, -0.15) is 4.57 Å². The van der Waals surface area contributed by atoms with Gasteiger partial charge in [-0.1, -0.05) is 6.58 Å². The summed E-state index contributed by atoms with van der Waals surface area (Å²) in [5.74, 6) is 0.928. The maximum absolute atomic E-state index is 5.16. The first kappa shape index (κ1) is 7.06. The fourth-order valence-electron chi connectivity index (χ4n) is 0.948. The Morgan fingerprint density at radius 1 is 1.70 bits per heavy atom. The van der Waals surface area contributed by atoms with Gasteiger partial charge in [0.05, 0.1) is 6.92 Å². The molecule has 1 heterocycles. The van der Waals surface area contributed by atoms with Crippen molar-refractivity contribution < 1.29 is 8.98 Å². The molecular weight excluding hydrogens is 126 g/mol. The van der Waals surface area contributed by atoms with Crippen LogP contribution in [0.1, 0.15) is 11.6 Å². The molecule has 0 saturated heterocycles. The van der Waals surface area contributed by atoms with Crippen LogP contribution < -0.4 is 4.57 Å². The zero-order valence-electron chi connectivity index (χ0n) is 6.42. The maximum Gasteiger partial charge on any atom is 0.344 e. The van der Waals surface area contributed by atoms with E-state index in [1.54, 1.807) is 6.26 Å². The average Bonchev–Trinajstić information content (AvgIpc) is 2.20. The molecule has 1 aromatic rings. The molecule has 0 aromatic carbocycles. The first-order chi connectivity index (χ1) is 4.75. The minimum Gasteiger partial charge on any atom is -0.410 e. The molecule has 10 heavy (non-hydrogen) atoms. The Balaban J connectivity index is 2.97. The van der Waals surface area contributed by atoms with Crippen LogP contribution in [-0.2, 0) is 6.54 Å². The summed E-state index contributed by atoms with van der Waals surface area (Å²) in [5.41, 5.74) is 1.14. The fourth-order valence-corrected chi connectivity index (χ4v) is 0.948. The Morgan fingerprint density at radius 2 is 2.40 bits per heavy atom. The highest BCUT2D eigenvalue weighted by molar-refractivity contribution is 4.80. The summed E-state index contributed by atoms with van der Waals surface area (Å²) < 4.78 is 7.23. The predicted octanol–water partition coefficient (Wildman–Crippen LogP) is 1.37. The lowest BCUT2D eigenvalue weighted by Crippen LogP contribution is -2.36. The van der Waals surface area contributed by atoms with Crippen LogP contribution >= 0.6 is 0 Å². The van der Waals surface area contributed by atoms with Crippen molar-refractivity contribution in [2.45, 2.75) is 20.4 Å². The van der Waals surface area contributed by atoms with Crippen LogP contribution in [0.5, 0.6) is 0 Å². The van der Waals surface area contributed by atoms with Crippen molar-refractivity contribution >= 4 is 0 Å². The molecule has 54 valence electrons. The van der Waals surface area contributed by atoms with E-state index in [0.29, 0.717) is 0 Å². The van der Waals surface area contributed by atoms with Crippen molar-refractivity contribution in [3.8, 4) is 0 Å². The molecule has 1 aromatic heterocycles. The highest BCUT2D eigenvalue weighted by Crippen LogP contribution is 1.95. The fraction of sp³-hybridized carbons (Fsp3) is 0.375. The Bertz CT molecular complexity index is 218. The summed E-state index contributed by atoms with van der Waals surface area (Å²) in [6.07, 6.45) is 3.61. The lowest BCUT2D eigenvalue weighted by Gasteiger charge is -1.86. The van der Waals surface area contributed by atoms with Gasteiger partial charge in [-0.05, 0) is 6.08 Å². The van der Waals surface area contributed by atoms with Crippen molar-refractivity contribution in [2.75, 3.05) is 0 Å². The number of nitrogens with zero attached hydrogens (tertiary/aromatic N) is 1. The smallest absolute Gasteiger partial charge is 0.344 e. The number of allylic oxidation sites excluding steroid dienone is 1. The van der Waals surface area contributed by atoms with Crippen LogP contribution in [0.25, 0.3) is 0 Å². The molecule has 0 aliphatic heterocycles. The van der Waals surface area contributed by atoms with E-state index >= 15 is 0 Å². The molecule has 0 radical (unpaired) electrons. The zero-order chi connectivity index (χ0) is 7.56. The average molecular weight is 138 g/mol. The van der Waals surface area contributed by atoms with Gasteiger partial charge in [0.2, 0.25) is 5.69 Å². The van der Waals surface area contributed by atoms with Crippen LogP contribution in [0.4, 0.5) is 0 Å². The van der Waals surface area contributed by atoms with Crippen LogP contribution in [0.2, 0.25) is 0 Å². The van der Waals surface area contributed by atoms with Crippen LogP contribution in [-0.4, -0.2) is 0 Å². The van der Waals surface area contributed by atoms with Crippen LogP contribution in [0.3, 0.4) is 0 Å². The van der Waals surface area contributed by atoms with E-state index in [1.165, 1.54) is 0 Å². The van der Waals surface area contributed by atoms with Crippen molar-refractivity contribution in [1.82, 2.24) is 0 Å². The molecule has 1 rings (SSSR count). The van der Waals surface area contributed by atoms with E-state index in [0.717, 1.165) is 18.1 Å². The topological polar surface area (TPSA) is 17.0 Å². The van der Waals surface area contributed by atoms with Crippen molar-refractivity contribution in [3.63, 3.8) is 0 Å². The number of hydrogen-bond donors (Lipinski definition) is 0. The van der Waals surface area contributed by atoms with Gasteiger partial charge in [0.1, 0.15) is 0 Å². The molecule has 0 N–H and O–H groups in total. The number of aryl methyl sites for hydroxylation is 2. The van der Waals surface area contributed by atoms with E-state index in [-0.39, 0.29) is 0 Å². The molecule has 2 nitrogen and oxygen atoms in total. The van der Waals surface area contributed by atoms with Crippen molar-refractivity contribution in [3.05, 3.63) is 30.5 Å². The van der Waals surface area contributed by atoms with Gasteiger partial charge >= 0.3 is 5.89 Å². The van der Waals surface area contributed by atoms with Crippen molar-refractivity contribution in [2.24, 2.45) is 0 Å². The lowest BCUT2D eigenvalue weighted by molar-refractivity contribution is -0.701. The second-order valence-corrected chi connectivity index (χ2v) is 2.30. The number of rotatable bonds is 2. The molecule has 0 bridgehead atoms. The van der Waals surface area contributed by atoms with E-state index < -0.39 is 0 Å². The van der Waals surface area contributed by atoms with Gasteiger partial charge in [0, 0.05) is 6.92 Å². The number of oxazole rings is 1. The van der Waals surface area contributed by atoms with Crippen LogP contribution in [0, 0.1) is 13.8 Å². The molecule has 0 unspecified atom stereocenters. The summed E-state index contributed by atoms with van der Waals surface area (Å²) in [5, 5.41) is 0. The minimum atomic E-state index is 0.828. The molecule has 0 atom stereocenters. The van der Waals surface area contributed by atoms with Gasteiger partial charge in [0.25, 0.3) is 0 Å². The minimum absolute atomic E-state index is 0.828. The van der Waals surface area contributed by atoms with E-state index in [4.69, 9.17) is 4.42 Å². The SMILES string of the molecule is C=CC[n+]1c(C)coc1C. The zero-order valence-corrected chi connectivity index (χ0v) is 6.42. The standard InChI is InChI=1S/C8H12NO/c1-4-5-9-7(2)6-10-8(9)3/h4,6H,1,5H2,2-3H3/q+1. The van der Waals surface area contributed by atoms with Gasteiger partial charge in [0.15, 0.2) is 12.8 Å². The number of aromatic nitrogens is 1. The van der Waals surface area contributed by atoms with E-state index in [1.807, 2.05) is 19.9 Å². The Morgan fingerprint density at radius 3 is 2.80 bits per heavy atom. The normalized spacial score (nSPS) is 9.80. The Hall–Kier alpha value is -1.05. The molecule has 0 aliphatic carbocycles. The van der Waals surface area contributed by atoms with Crippen LogP contribution in [0.15, 0.2) is 23.3 Å². The lowest BCUT2D eigenvalue weighted by atomic mass is 10.5. The molecule has 0 fully saturated rings. The van der Waals surface area contributed by atoms with Gasteiger partial charge in [-0.15, -0.1) is 0 Å². The Labute approximate surface area is 60.8 Å². The quantitative estimate of drug-likeness (QED) is 0.445. The predicted molar refractivity (Wildman–Crippen MR) is 38.6 cm³/mol. The third-order valence-corrected chi connectivity index (χ3v) is 1.52. The third kappa shape index (κ3) is 1.10. The maximum atomic E-state index is 5.16. The molecule has 0 aliphatic rings. The van der Waals surface area contributed by atoms with E-state index in [9.17, 15) is 0 Å². The Kier molecular flexibility index (Phi) is 1.90. The second-order valence-electron chi connectivity index (χ2n) is 2.30. The number of hydrogen-bond acceptors (Lipinski definition) is 1. The summed E-state index contributed by atoms with van der Waals surface area (Å²) in [4.78, 5) is 0. The van der Waals surface area contributed by atoms with Crippen molar-refractivity contribution in [1.29, 1.82) is 0 Å². The largest absolute Gasteiger partial charge is 0.410 e. The van der Waals surface area contributed by atoms with Gasteiger partial charge in [-0.3, -0.25) is 0 Å². The molecular formula is C8H12NO+. The molecule has 0 saturated carbocycles. The molecule has 2 heteroatoms. The molecule has 0 amide bonds. The summed E-state index contributed by atoms with van der Waals surface area (Å²) in [7, 11) is 0. The first-order valence-electron chi connectivity index (χ1n) is 3.31. The second kappa shape index (κ2) is 2.69. The third-order valence-electron chi connectivity index (χ3n) is 1.52. The highest BCUT2D eigenvalue weighted by atomic mass is 16.3.